The van der Waals surface area contributed by atoms with Gasteiger partial charge in [-0.1, -0.05) is 23.7 Å². The molecule has 0 fully saturated rings. The number of anilines is 1. The molecule has 0 saturated carbocycles. The molecule has 0 bridgehead atoms. The molecule has 1 aromatic carbocycles. The van der Waals surface area contributed by atoms with Crippen LogP contribution in [0.4, 0.5) is 5.95 Å². The minimum absolute atomic E-state index is 0.255. The molecule has 0 atom stereocenters. The van der Waals surface area contributed by atoms with E-state index in [0.29, 0.717) is 29.4 Å². The Labute approximate surface area is 144 Å². The average molecular weight is 345 g/mol. The van der Waals surface area contributed by atoms with Crippen LogP contribution in [-0.4, -0.2) is 30.5 Å². The first-order chi connectivity index (χ1) is 11.5. The first-order valence-electron chi connectivity index (χ1n) is 7.54. The van der Waals surface area contributed by atoms with E-state index in [9.17, 15) is 4.79 Å². The lowest BCUT2D eigenvalue weighted by atomic mass is 10.2. The third kappa shape index (κ3) is 3.62. The largest absolute Gasteiger partial charge is 0.289 e. The highest BCUT2D eigenvalue weighted by Crippen LogP contribution is 2.12. The topological polar surface area (TPSA) is 77.6 Å². The summed E-state index contributed by atoms with van der Waals surface area (Å²) in [6.45, 7) is 5.00. The van der Waals surface area contributed by atoms with Crippen LogP contribution in [0.5, 0.6) is 0 Å². The number of nitrogens with one attached hydrogen (secondary N) is 1. The van der Waals surface area contributed by atoms with Gasteiger partial charge >= 0.3 is 0 Å². The van der Waals surface area contributed by atoms with Crippen molar-refractivity contribution >= 4 is 23.5 Å². The Kier molecular flexibility index (Phi) is 4.61. The molecule has 0 aliphatic carbocycles. The first kappa shape index (κ1) is 16.2. The normalized spacial score (nSPS) is 10.8. The number of aromatic nitrogens is 5. The lowest BCUT2D eigenvalue weighted by Gasteiger charge is -2.02. The van der Waals surface area contributed by atoms with E-state index in [-0.39, 0.29) is 11.9 Å². The van der Waals surface area contributed by atoms with Gasteiger partial charge in [0.25, 0.3) is 5.91 Å². The van der Waals surface area contributed by atoms with Crippen LogP contribution in [0.3, 0.4) is 0 Å². The van der Waals surface area contributed by atoms with E-state index in [1.165, 1.54) is 0 Å². The van der Waals surface area contributed by atoms with Gasteiger partial charge in [0.15, 0.2) is 0 Å². The number of carbonyl (C=O) groups is 1. The van der Waals surface area contributed by atoms with Crippen LogP contribution < -0.4 is 5.32 Å². The molecule has 0 radical (unpaired) electrons. The molecular weight excluding hydrogens is 328 g/mol. The van der Waals surface area contributed by atoms with Gasteiger partial charge in [0.05, 0.1) is 17.8 Å². The molecule has 0 saturated heterocycles. The van der Waals surface area contributed by atoms with Gasteiger partial charge in [-0.05, 0) is 31.5 Å². The van der Waals surface area contributed by atoms with E-state index in [4.69, 9.17) is 11.6 Å². The summed E-state index contributed by atoms with van der Waals surface area (Å²) in [6.07, 6.45) is 3.28. The fourth-order valence-electron chi connectivity index (χ4n) is 2.32. The van der Waals surface area contributed by atoms with Crippen molar-refractivity contribution < 1.29 is 4.79 Å². The van der Waals surface area contributed by atoms with Crippen molar-refractivity contribution in [2.75, 3.05) is 5.32 Å². The van der Waals surface area contributed by atoms with E-state index in [0.717, 1.165) is 5.56 Å². The van der Waals surface area contributed by atoms with Gasteiger partial charge in [0.1, 0.15) is 6.33 Å². The Hall–Kier alpha value is -2.67. The molecule has 3 rings (SSSR count). The minimum atomic E-state index is -0.271. The molecule has 1 N–H and O–H groups in total. The van der Waals surface area contributed by atoms with Crippen molar-refractivity contribution in [3.8, 4) is 0 Å². The number of carbonyl (C=O) groups excluding carboxylic acids is 1. The maximum atomic E-state index is 12.3. The third-order valence-electron chi connectivity index (χ3n) is 3.51. The summed E-state index contributed by atoms with van der Waals surface area (Å²) in [7, 11) is 0. The van der Waals surface area contributed by atoms with Crippen molar-refractivity contribution in [2.24, 2.45) is 0 Å². The van der Waals surface area contributed by atoms with Gasteiger partial charge in [0.2, 0.25) is 5.95 Å². The second kappa shape index (κ2) is 6.84. The van der Waals surface area contributed by atoms with Crippen molar-refractivity contribution in [1.82, 2.24) is 24.5 Å². The maximum absolute atomic E-state index is 12.3. The van der Waals surface area contributed by atoms with Crippen molar-refractivity contribution in [1.29, 1.82) is 0 Å². The number of rotatable bonds is 5. The lowest BCUT2D eigenvalue weighted by molar-refractivity contribution is 0.102. The Morgan fingerprint density at radius 3 is 2.83 bits per heavy atom. The molecule has 24 heavy (non-hydrogen) atoms. The van der Waals surface area contributed by atoms with Crippen LogP contribution in [-0.2, 0) is 13.1 Å². The molecule has 124 valence electrons. The highest BCUT2D eigenvalue weighted by atomic mass is 35.5. The van der Waals surface area contributed by atoms with Gasteiger partial charge in [-0.3, -0.25) is 14.8 Å². The summed E-state index contributed by atoms with van der Waals surface area (Å²) in [5.74, 6) is -0.0154. The Morgan fingerprint density at radius 2 is 2.12 bits per heavy atom. The highest BCUT2D eigenvalue weighted by Gasteiger charge is 2.15. The number of halogens is 1. The van der Waals surface area contributed by atoms with Crippen LogP contribution >= 0.6 is 11.6 Å². The van der Waals surface area contributed by atoms with Crippen LogP contribution in [0.25, 0.3) is 0 Å². The molecule has 3 aromatic rings. The summed E-state index contributed by atoms with van der Waals surface area (Å²) in [6, 6.07) is 7.51. The number of aryl methyl sites for hydroxylation is 2. The Balaban J connectivity index is 1.69. The molecule has 8 heteroatoms. The lowest BCUT2D eigenvalue weighted by Crippen LogP contribution is -2.14. The summed E-state index contributed by atoms with van der Waals surface area (Å²) in [4.78, 5) is 16.4. The van der Waals surface area contributed by atoms with Crippen LogP contribution in [0.15, 0.2) is 36.8 Å². The van der Waals surface area contributed by atoms with Gasteiger partial charge in [-0.25, -0.2) is 9.67 Å². The maximum Gasteiger partial charge on any atom is 0.261 e. The summed E-state index contributed by atoms with van der Waals surface area (Å²) < 4.78 is 3.36. The molecule has 0 spiro atoms. The predicted octanol–water partition coefficient (Wildman–Crippen LogP) is 2.76. The molecular formula is C16H17ClN6O. The van der Waals surface area contributed by atoms with E-state index >= 15 is 0 Å². The molecule has 0 unspecified atom stereocenters. The van der Waals surface area contributed by atoms with E-state index in [2.05, 4.69) is 20.5 Å². The second-order valence-corrected chi connectivity index (χ2v) is 5.77. The minimum Gasteiger partial charge on any atom is -0.289 e. The standard InChI is InChI=1S/C16H17ClN6O/c1-3-22-9-14(11(2)20-22)15(24)19-16-18-10-23(21-16)8-12-5-4-6-13(17)7-12/h4-7,9-10H,3,8H2,1-2H3,(H,19,21,24). The van der Waals surface area contributed by atoms with Crippen LogP contribution in [0.1, 0.15) is 28.5 Å². The van der Waals surface area contributed by atoms with Crippen molar-refractivity contribution in [3.63, 3.8) is 0 Å². The number of hydrogen-bond acceptors (Lipinski definition) is 4. The van der Waals surface area contributed by atoms with E-state index in [1.54, 1.807) is 28.8 Å². The summed E-state index contributed by atoms with van der Waals surface area (Å²) in [5, 5.41) is 11.9. The number of hydrogen-bond donors (Lipinski definition) is 1. The summed E-state index contributed by atoms with van der Waals surface area (Å²) >= 11 is 5.97. The van der Waals surface area contributed by atoms with E-state index < -0.39 is 0 Å². The van der Waals surface area contributed by atoms with E-state index in [1.807, 2.05) is 31.2 Å². The third-order valence-corrected chi connectivity index (χ3v) is 3.75. The smallest absolute Gasteiger partial charge is 0.261 e. The fraction of sp³-hybridized carbons (Fsp3) is 0.250. The molecule has 0 aliphatic heterocycles. The average Bonchev–Trinajstić information content (AvgIpc) is 3.13. The molecule has 0 aliphatic rings. The van der Waals surface area contributed by atoms with Gasteiger partial charge in [-0.15, -0.1) is 5.10 Å². The van der Waals surface area contributed by atoms with Gasteiger partial charge < -0.3 is 0 Å². The zero-order valence-corrected chi connectivity index (χ0v) is 14.2. The molecule has 2 heterocycles. The van der Waals surface area contributed by atoms with Gasteiger partial charge in [0, 0.05) is 17.8 Å². The zero-order chi connectivity index (χ0) is 17.1. The SMILES string of the molecule is CCn1cc(C(=O)Nc2ncn(Cc3cccc(Cl)c3)n2)c(C)n1. The molecule has 1 amide bonds. The number of benzene rings is 1. The summed E-state index contributed by atoms with van der Waals surface area (Å²) in [5.41, 5.74) is 2.20. The van der Waals surface area contributed by atoms with Crippen molar-refractivity contribution in [2.45, 2.75) is 26.9 Å². The quantitative estimate of drug-likeness (QED) is 0.772. The molecule has 2 aromatic heterocycles. The predicted molar refractivity (Wildman–Crippen MR) is 91.2 cm³/mol. The Morgan fingerprint density at radius 1 is 1.29 bits per heavy atom. The number of nitrogens with zero attached hydrogens (tertiary/aromatic N) is 5. The number of amides is 1. The fourth-order valence-corrected chi connectivity index (χ4v) is 2.54. The monoisotopic (exact) mass is 344 g/mol. The zero-order valence-electron chi connectivity index (χ0n) is 13.4. The van der Waals surface area contributed by atoms with Crippen LogP contribution in [0.2, 0.25) is 5.02 Å². The second-order valence-electron chi connectivity index (χ2n) is 5.33. The van der Waals surface area contributed by atoms with Crippen molar-refractivity contribution in [3.05, 3.63) is 58.6 Å². The van der Waals surface area contributed by atoms with Gasteiger partial charge in [-0.2, -0.15) is 5.10 Å². The highest BCUT2D eigenvalue weighted by molar-refractivity contribution is 6.30. The first-order valence-corrected chi connectivity index (χ1v) is 7.92. The molecule has 7 nitrogen and oxygen atoms in total. The van der Waals surface area contributed by atoms with Crippen LogP contribution in [0, 0.1) is 6.92 Å². The Bertz CT molecular complexity index is 869.